The van der Waals surface area contributed by atoms with Crippen molar-refractivity contribution in [1.82, 2.24) is 15.2 Å². The summed E-state index contributed by atoms with van der Waals surface area (Å²) in [5, 5.41) is 14.6. The molecule has 6 heteroatoms. The Morgan fingerprint density at radius 1 is 1.00 bits per heavy atom. The van der Waals surface area contributed by atoms with Gasteiger partial charge in [-0.05, 0) is 31.0 Å². The van der Waals surface area contributed by atoms with E-state index in [1.54, 1.807) is 13.3 Å². The number of benzene rings is 2. The second-order valence-corrected chi connectivity index (χ2v) is 5.72. The normalized spacial score (nSPS) is 10.4. The van der Waals surface area contributed by atoms with E-state index >= 15 is 0 Å². The zero-order valence-electron chi connectivity index (χ0n) is 14.6. The molecular weight excluding hydrogens is 314 g/mol. The van der Waals surface area contributed by atoms with Crippen molar-refractivity contribution < 1.29 is 4.74 Å². The highest BCUT2D eigenvalue weighted by Gasteiger charge is 2.07. The summed E-state index contributed by atoms with van der Waals surface area (Å²) >= 11 is 0. The standard InChI is InChI=1S/C19H21N5O/c1-13-7-6-8-14(2)18(13)23-19-22-17(12-21-24-19)20-11-15-9-4-5-10-16(15)25-3/h4-10,12H,11H2,1-3H3,(H2,20,22,23,24). The van der Waals surface area contributed by atoms with E-state index in [2.05, 4.69) is 25.8 Å². The Kier molecular flexibility index (Phi) is 5.09. The molecule has 0 bridgehead atoms. The van der Waals surface area contributed by atoms with E-state index in [-0.39, 0.29) is 0 Å². The summed E-state index contributed by atoms with van der Waals surface area (Å²) in [6.07, 6.45) is 1.60. The lowest BCUT2D eigenvalue weighted by atomic mass is 10.1. The average molecular weight is 335 g/mol. The molecule has 25 heavy (non-hydrogen) atoms. The summed E-state index contributed by atoms with van der Waals surface area (Å²) in [5.74, 6) is 1.95. The molecule has 2 aromatic carbocycles. The van der Waals surface area contributed by atoms with Crippen molar-refractivity contribution in [3.63, 3.8) is 0 Å². The quantitative estimate of drug-likeness (QED) is 0.713. The van der Waals surface area contributed by atoms with Crippen molar-refractivity contribution in [2.24, 2.45) is 0 Å². The summed E-state index contributed by atoms with van der Waals surface area (Å²) in [5.41, 5.74) is 4.33. The monoisotopic (exact) mass is 335 g/mol. The molecular formula is C19H21N5O. The molecule has 128 valence electrons. The molecule has 0 aliphatic rings. The highest BCUT2D eigenvalue weighted by atomic mass is 16.5. The molecule has 0 amide bonds. The van der Waals surface area contributed by atoms with Crippen LogP contribution in [0.15, 0.2) is 48.7 Å². The molecule has 6 nitrogen and oxygen atoms in total. The number of aromatic nitrogens is 3. The average Bonchev–Trinajstić information content (AvgIpc) is 2.64. The van der Waals surface area contributed by atoms with Gasteiger partial charge in [0.05, 0.1) is 13.3 Å². The topological polar surface area (TPSA) is 72.0 Å². The van der Waals surface area contributed by atoms with Crippen LogP contribution >= 0.6 is 0 Å². The number of para-hydroxylation sites is 2. The minimum atomic E-state index is 0.461. The minimum Gasteiger partial charge on any atom is -0.496 e. The zero-order valence-corrected chi connectivity index (χ0v) is 14.6. The Morgan fingerprint density at radius 3 is 2.52 bits per heavy atom. The second kappa shape index (κ2) is 7.61. The van der Waals surface area contributed by atoms with E-state index in [4.69, 9.17) is 4.74 Å². The SMILES string of the molecule is COc1ccccc1CNc1cnnc(Nc2c(C)cccc2C)n1. The van der Waals surface area contributed by atoms with Gasteiger partial charge in [-0.1, -0.05) is 36.4 Å². The Labute approximate surface area is 147 Å². The molecule has 0 spiro atoms. The molecule has 3 rings (SSSR count). The molecule has 0 atom stereocenters. The Hall–Kier alpha value is -3.15. The Bertz CT molecular complexity index is 846. The lowest BCUT2D eigenvalue weighted by Crippen LogP contribution is -2.07. The van der Waals surface area contributed by atoms with Gasteiger partial charge in [-0.15, -0.1) is 5.10 Å². The number of nitrogens with zero attached hydrogens (tertiary/aromatic N) is 3. The lowest BCUT2D eigenvalue weighted by Gasteiger charge is -2.12. The number of methoxy groups -OCH3 is 1. The molecule has 0 aliphatic carbocycles. The third-order valence-corrected chi connectivity index (χ3v) is 3.93. The molecule has 1 aromatic heterocycles. The van der Waals surface area contributed by atoms with E-state index in [1.807, 2.05) is 56.3 Å². The molecule has 0 unspecified atom stereocenters. The van der Waals surface area contributed by atoms with Gasteiger partial charge in [0.2, 0.25) is 5.95 Å². The van der Waals surface area contributed by atoms with Gasteiger partial charge >= 0.3 is 0 Å². The van der Waals surface area contributed by atoms with E-state index in [0.717, 1.165) is 28.1 Å². The number of hydrogen-bond acceptors (Lipinski definition) is 6. The van der Waals surface area contributed by atoms with Crippen molar-refractivity contribution in [2.45, 2.75) is 20.4 Å². The number of ether oxygens (including phenoxy) is 1. The predicted octanol–water partition coefficient (Wildman–Crippen LogP) is 3.85. The number of rotatable bonds is 6. The van der Waals surface area contributed by atoms with Gasteiger partial charge in [0, 0.05) is 17.8 Å². The summed E-state index contributed by atoms with van der Waals surface area (Å²) < 4.78 is 5.36. The van der Waals surface area contributed by atoms with Crippen LogP contribution in [-0.2, 0) is 6.54 Å². The fourth-order valence-electron chi connectivity index (χ4n) is 2.60. The van der Waals surface area contributed by atoms with Crippen molar-refractivity contribution in [1.29, 1.82) is 0 Å². The lowest BCUT2D eigenvalue weighted by molar-refractivity contribution is 0.410. The van der Waals surface area contributed by atoms with Crippen molar-refractivity contribution in [3.05, 3.63) is 65.4 Å². The van der Waals surface area contributed by atoms with Gasteiger partial charge in [-0.3, -0.25) is 0 Å². The number of aryl methyl sites for hydroxylation is 2. The van der Waals surface area contributed by atoms with Crippen LogP contribution in [0.4, 0.5) is 17.5 Å². The smallest absolute Gasteiger partial charge is 0.249 e. The Balaban J connectivity index is 1.73. The third kappa shape index (κ3) is 4.03. The van der Waals surface area contributed by atoms with Gasteiger partial charge in [-0.2, -0.15) is 10.1 Å². The maximum Gasteiger partial charge on any atom is 0.249 e. The Morgan fingerprint density at radius 2 is 1.76 bits per heavy atom. The fraction of sp³-hybridized carbons (Fsp3) is 0.211. The molecule has 2 N–H and O–H groups in total. The van der Waals surface area contributed by atoms with Crippen LogP contribution in [-0.4, -0.2) is 22.3 Å². The first kappa shape index (κ1) is 16.7. The van der Waals surface area contributed by atoms with Gasteiger partial charge in [-0.25, -0.2) is 0 Å². The molecule has 0 aliphatic heterocycles. The van der Waals surface area contributed by atoms with Crippen LogP contribution in [0.1, 0.15) is 16.7 Å². The highest BCUT2D eigenvalue weighted by Crippen LogP contribution is 2.23. The van der Waals surface area contributed by atoms with Gasteiger partial charge in [0.1, 0.15) is 5.75 Å². The molecule has 0 radical (unpaired) electrons. The first-order valence-electron chi connectivity index (χ1n) is 8.06. The summed E-state index contributed by atoms with van der Waals surface area (Å²) in [7, 11) is 1.66. The fourth-order valence-corrected chi connectivity index (χ4v) is 2.60. The second-order valence-electron chi connectivity index (χ2n) is 5.72. The molecule has 1 heterocycles. The van der Waals surface area contributed by atoms with Gasteiger partial charge < -0.3 is 15.4 Å². The van der Waals surface area contributed by atoms with Crippen LogP contribution < -0.4 is 15.4 Å². The number of anilines is 3. The molecule has 0 saturated heterocycles. The maximum atomic E-state index is 5.36. The van der Waals surface area contributed by atoms with E-state index in [0.29, 0.717) is 18.3 Å². The van der Waals surface area contributed by atoms with Crippen molar-refractivity contribution >= 4 is 17.5 Å². The summed E-state index contributed by atoms with van der Waals surface area (Å²) in [4.78, 5) is 4.48. The first-order valence-corrected chi connectivity index (χ1v) is 8.06. The first-order chi connectivity index (χ1) is 12.2. The van der Waals surface area contributed by atoms with Gasteiger partial charge in [0.15, 0.2) is 5.82 Å². The molecule has 3 aromatic rings. The molecule has 0 saturated carbocycles. The van der Waals surface area contributed by atoms with E-state index in [9.17, 15) is 0 Å². The van der Waals surface area contributed by atoms with Crippen LogP contribution in [0.3, 0.4) is 0 Å². The van der Waals surface area contributed by atoms with Crippen LogP contribution in [0.5, 0.6) is 5.75 Å². The van der Waals surface area contributed by atoms with Gasteiger partial charge in [0.25, 0.3) is 0 Å². The summed E-state index contributed by atoms with van der Waals surface area (Å²) in [6.45, 7) is 4.69. The largest absolute Gasteiger partial charge is 0.496 e. The maximum absolute atomic E-state index is 5.36. The van der Waals surface area contributed by atoms with E-state index in [1.165, 1.54) is 0 Å². The molecule has 0 fully saturated rings. The van der Waals surface area contributed by atoms with Crippen LogP contribution in [0.2, 0.25) is 0 Å². The van der Waals surface area contributed by atoms with Crippen LogP contribution in [0, 0.1) is 13.8 Å². The zero-order chi connectivity index (χ0) is 17.6. The number of nitrogens with one attached hydrogen (secondary N) is 2. The van der Waals surface area contributed by atoms with E-state index < -0.39 is 0 Å². The summed E-state index contributed by atoms with van der Waals surface area (Å²) in [6, 6.07) is 14.0. The third-order valence-electron chi connectivity index (χ3n) is 3.93. The van der Waals surface area contributed by atoms with Crippen molar-refractivity contribution in [2.75, 3.05) is 17.7 Å². The van der Waals surface area contributed by atoms with Crippen molar-refractivity contribution in [3.8, 4) is 5.75 Å². The van der Waals surface area contributed by atoms with Crippen LogP contribution in [0.25, 0.3) is 0 Å². The minimum absolute atomic E-state index is 0.461. The predicted molar refractivity (Wildman–Crippen MR) is 99.3 cm³/mol. The number of hydrogen-bond donors (Lipinski definition) is 2. The highest BCUT2D eigenvalue weighted by molar-refractivity contribution is 5.63.